The van der Waals surface area contributed by atoms with Gasteiger partial charge in [-0.1, -0.05) is 19.9 Å². The third-order valence-electron chi connectivity index (χ3n) is 4.17. The molecule has 1 aliphatic rings. The van der Waals surface area contributed by atoms with Gasteiger partial charge in [0.25, 0.3) is 0 Å². The van der Waals surface area contributed by atoms with E-state index in [1.54, 1.807) is 0 Å². The molecule has 1 atom stereocenters. The molecule has 3 N–H and O–H groups in total. The van der Waals surface area contributed by atoms with Crippen LogP contribution >= 0.6 is 0 Å². The molecule has 0 spiro atoms. The summed E-state index contributed by atoms with van der Waals surface area (Å²) in [6.45, 7) is 7.92. The molecule has 0 radical (unpaired) electrons. The molecule has 0 saturated heterocycles. The fourth-order valence-corrected chi connectivity index (χ4v) is 3.34. The molecule has 0 heterocycles. The first kappa shape index (κ1) is 15.8. The monoisotopic (exact) mass is 289 g/mol. The van der Waals surface area contributed by atoms with E-state index in [4.69, 9.17) is 5.73 Å². The fourth-order valence-electron chi connectivity index (χ4n) is 3.34. The third-order valence-corrected chi connectivity index (χ3v) is 4.17. The smallest absolute Gasteiger partial charge is 0.316 e. The second kappa shape index (κ2) is 7.46. The van der Waals surface area contributed by atoms with Crippen LogP contribution in [0.1, 0.15) is 50.2 Å². The van der Waals surface area contributed by atoms with Gasteiger partial charge >= 0.3 is 6.03 Å². The molecular formula is C17H27N3O. The van der Waals surface area contributed by atoms with Gasteiger partial charge in [-0.25, -0.2) is 4.79 Å². The third kappa shape index (κ3) is 4.21. The van der Waals surface area contributed by atoms with Crippen molar-refractivity contribution in [3.05, 3.63) is 29.3 Å². The van der Waals surface area contributed by atoms with Gasteiger partial charge < -0.3 is 16.0 Å². The zero-order valence-corrected chi connectivity index (χ0v) is 13.2. The molecule has 2 amide bonds. The standard InChI is InChI=1S/C17H27N3O/c1-3-9-20(10-4-2)12-14-6-5-13-7-8-15(11-16(13)14)19-17(18)21/h7-8,11,14H,3-6,9-10,12H2,1-2H3,(H3,18,19,21). The van der Waals surface area contributed by atoms with Gasteiger partial charge in [0.1, 0.15) is 0 Å². The summed E-state index contributed by atoms with van der Waals surface area (Å²) >= 11 is 0. The minimum atomic E-state index is -0.497. The number of fused-ring (bicyclic) bond motifs is 1. The van der Waals surface area contributed by atoms with Gasteiger partial charge in [-0.15, -0.1) is 0 Å². The maximum Gasteiger partial charge on any atom is 0.316 e. The molecule has 0 saturated carbocycles. The lowest BCUT2D eigenvalue weighted by atomic mass is 9.99. The van der Waals surface area contributed by atoms with Crippen molar-refractivity contribution in [2.75, 3.05) is 25.0 Å². The van der Waals surface area contributed by atoms with Gasteiger partial charge in [0.15, 0.2) is 0 Å². The Labute approximate surface area is 127 Å². The van der Waals surface area contributed by atoms with Crippen LogP contribution in [-0.4, -0.2) is 30.6 Å². The topological polar surface area (TPSA) is 58.4 Å². The van der Waals surface area contributed by atoms with Gasteiger partial charge in [-0.3, -0.25) is 0 Å². The van der Waals surface area contributed by atoms with E-state index in [1.165, 1.54) is 43.5 Å². The molecule has 1 aliphatic carbocycles. The van der Waals surface area contributed by atoms with E-state index in [0.29, 0.717) is 5.92 Å². The highest BCUT2D eigenvalue weighted by Crippen LogP contribution is 2.35. The Kier molecular flexibility index (Phi) is 5.62. The molecule has 4 nitrogen and oxygen atoms in total. The second-order valence-electron chi connectivity index (χ2n) is 5.94. The average Bonchev–Trinajstić information content (AvgIpc) is 2.81. The average molecular weight is 289 g/mol. The lowest BCUT2D eigenvalue weighted by Crippen LogP contribution is -2.29. The quantitative estimate of drug-likeness (QED) is 0.809. The number of aryl methyl sites for hydroxylation is 1. The number of anilines is 1. The second-order valence-corrected chi connectivity index (χ2v) is 5.94. The summed E-state index contributed by atoms with van der Waals surface area (Å²) in [6, 6.07) is 5.68. The van der Waals surface area contributed by atoms with Crippen molar-refractivity contribution >= 4 is 11.7 Å². The van der Waals surface area contributed by atoms with E-state index >= 15 is 0 Å². The van der Waals surface area contributed by atoms with Gasteiger partial charge in [-0.05, 0) is 68.0 Å². The zero-order chi connectivity index (χ0) is 15.2. The number of benzene rings is 1. The SMILES string of the molecule is CCCN(CCC)CC1CCc2ccc(NC(N)=O)cc21. The molecule has 1 aromatic carbocycles. The number of amides is 2. The number of carbonyl (C=O) groups is 1. The number of nitrogens with two attached hydrogens (primary N) is 1. The number of urea groups is 1. The fraction of sp³-hybridized carbons (Fsp3) is 0.588. The van der Waals surface area contributed by atoms with E-state index in [-0.39, 0.29) is 0 Å². The Morgan fingerprint density at radius 3 is 2.67 bits per heavy atom. The van der Waals surface area contributed by atoms with Crippen LogP contribution in [0.3, 0.4) is 0 Å². The lowest BCUT2D eigenvalue weighted by Gasteiger charge is -2.25. The van der Waals surface area contributed by atoms with Crippen LogP contribution in [0.15, 0.2) is 18.2 Å². The molecule has 1 aromatic rings. The van der Waals surface area contributed by atoms with Crippen molar-refractivity contribution < 1.29 is 4.79 Å². The zero-order valence-electron chi connectivity index (χ0n) is 13.2. The maximum absolute atomic E-state index is 11.0. The van der Waals surface area contributed by atoms with E-state index in [0.717, 1.165) is 18.7 Å². The Bertz CT molecular complexity index is 481. The molecule has 116 valence electrons. The summed E-state index contributed by atoms with van der Waals surface area (Å²) in [4.78, 5) is 13.6. The Hall–Kier alpha value is -1.55. The minimum Gasteiger partial charge on any atom is -0.351 e. The molecule has 1 unspecified atom stereocenters. The van der Waals surface area contributed by atoms with Crippen LogP contribution in [0, 0.1) is 0 Å². The number of primary amides is 1. The Morgan fingerprint density at radius 2 is 2.05 bits per heavy atom. The molecule has 0 bridgehead atoms. The van der Waals surface area contributed by atoms with Gasteiger partial charge in [0.2, 0.25) is 0 Å². The maximum atomic E-state index is 11.0. The van der Waals surface area contributed by atoms with Crippen molar-refractivity contribution in [2.24, 2.45) is 5.73 Å². The van der Waals surface area contributed by atoms with Crippen LogP contribution in [0.5, 0.6) is 0 Å². The highest BCUT2D eigenvalue weighted by molar-refractivity contribution is 5.88. The van der Waals surface area contributed by atoms with E-state index in [1.807, 2.05) is 6.07 Å². The van der Waals surface area contributed by atoms with E-state index < -0.39 is 6.03 Å². The number of hydrogen-bond donors (Lipinski definition) is 2. The van der Waals surface area contributed by atoms with E-state index in [2.05, 4.69) is 36.2 Å². The molecule has 21 heavy (non-hydrogen) atoms. The summed E-state index contributed by atoms with van der Waals surface area (Å²) in [5.41, 5.74) is 8.82. The molecule has 0 aromatic heterocycles. The summed E-state index contributed by atoms with van der Waals surface area (Å²) in [6.07, 6.45) is 4.74. The summed E-state index contributed by atoms with van der Waals surface area (Å²) in [5.74, 6) is 0.577. The first-order valence-electron chi connectivity index (χ1n) is 8.05. The molecule has 2 rings (SSSR count). The normalized spacial score (nSPS) is 17.0. The highest BCUT2D eigenvalue weighted by Gasteiger charge is 2.24. The number of hydrogen-bond acceptors (Lipinski definition) is 2. The van der Waals surface area contributed by atoms with Gasteiger partial charge in [-0.2, -0.15) is 0 Å². The number of nitrogens with zero attached hydrogens (tertiary/aromatic N) is 1. The summed E-state index contributed by atoms with van der Waals surface area (Å²) in [7, 11) is 0. The Morgan fingerprint density at radius 1 is 1.33 bits per heavy atom. The van der Waals surface area contributed by atoms with Crippen molar-refractivity contribution in [3.63, 3.8) is 0 Å². The van der Waals surface area contributed by atoms with Gasteiger partial charge in [0.05, 0.1) is 0 Å². The highest BCUT2D eigenvalue weighted by atomic mass is 16.2. The molecule has 4 heteroatoms. The van der Waals surface area contributed by atoms with Crippen LogP contribution < -0.4 is 11.1 Å². The first-order chi connectivity index (χ1) is 10.1. The van der Waals surface area contributed by atoms with E-state index in [9.17, 15) is 4.79 Å². The summed E-state index contributed by atoms with van der Waals surface area (Å²) in [5, 5.41) is 2.68. The predicted octanol–water partition coefficient (Wildman–Crippen LogP) is 3.33. The van der Waals surface area contributed by atoms with Gasteiger partial charge in [0, 0.05) is 12.2 Å². The van der Waals surface area contributed by atoms with Crippen LogP contribution in [0.2, 0.25) is 0 Å². The number of nitrogens with one attached hydrogen (secondary N) is 1. The molecule has 0 fully saturated rings. The lowest BCUT2D eigenvalue weighted by molar-refractivity contribution is 0.256. The Balaban J connectivity index is 2.09. The largest absolute Gasteiger partial charge is 0.351 e. The number of carbonyl (C=O) groups excluding carboxylic acids is 1. The van der Waals surface area contributed by atoms with Crippen molar-refractivity contribution in [1.82, 2.24) is 4.90 Å². The minimum absolute atomic E-state index is 0.497. The summed E-state index contributed by atoms with van der Waals surface area (Å²) < 4.78 is 0. The van der Waals surface area contributed by atoms with Crippen LogP contribution in [-0.2, 0) is 6.42 Å². The van der Waals surface area contributed by atoms with Crippen molar-refractivity contribution in [3.8, 4) is 0 Å². The van der Waals surface area contributed by atoms with Crippen molar-refractivity contribution in [1.29, 1.82) is 0 Å². The first-order valence-corrected chi connectivity index (χ1v) is 8.05. The molecule has 0 aliphatic heterocycles. The van der Waals surface area contributed by atoms with Crippen molar-refractivity contribution in [2.45, 2.75) is 45.4 Å². The van der Waals surface area contributed by atoms with Crippen LogP contribution in [0.25, 0.3) is 0 Å². The predicted molar refractivity (Wildman–Crippen MR) is 87.7 cm³/mol. The number of rotatable bonds is 7. The molecular weight excluding hydrogens is 262 g/mol. The van der Waals surface area contributed by atoms with Crippen LogP contribution in [0.4, 0.5) is 10.5 Å².